The van der Waals surface area contributed by atoms with Gasteiger partial charge in [0.2, 0.25) is 27.6 Å². The average Bonchev–Trinajstić information content (AvgIpc) is 3.16. The summed E-state index contributed by atoms with van der Waals surface area (Å²) in [6, 6.07) is 14.8. The summed E-state index contributed by atoms with van der Waals surface area (Å²) in [5, 5.41) is 3.94. The van der Waals surface area contributed by atoms with Gasteiger partial charge in [-0.05, 0) is 31.0 Å². The van der Waals surface area contributed by atoms with Gasteiger partial charge in [0.1, 0.15) is 6.54 Å². The topological polar surface area (TPSA) is 96.6 Å². The Morgan fingerprint density at radius 3 is 2.47 bits per heavy atom. The van der Waals surface area contributed by atoms with Gasteiger partial charge in [0, 0.05) is 12.6 Å². The second kappa shape index (κ2) is 8.66. The molecule has 0 atom stereocenters. The molecule has 0 radical (unpaired) electrons. The molecule has 1 aromatic heterocycles. The van der Waals surface area contributed by atoms with Gasteiger partial charge in [0.15, 0.2) is 0 Å². The van der Waals surface area contributed by atoms with Crippen LogP contribution in [0.4, 0.5) is 5.69 Å². The Bertz CT molecular complexity index is 1140. The van der Waals surface area contributed by atoms with Crippen molar-refractivity contribution in [3.05, 3.63) is 65.5 Å². The van der Waals surface area contributed by atoms with E-state index in [9.17, 15) is 13.2 Å². The minimum absolute atomic E-state index is 0.0725. The summed E-state index contributed by atoms with van der Waals surface area (Å²) in [7, 11) is -2.09. The van der Waals surface area contributed by atoms with E-state index in [1.807, 2.05) is 56.3 Å². The molecule has 0 saturated heterocycles. The Kier molecular flexibility index (Phi) is 6.21. The van der Waals surface area contributed by atoms with Crippen molar-refractivity contribution in [1.82, 2.24) is 15.0 Å². The number of rotatable bonds is 7. The number of anilines is 1. The van der Waals surface area contributed by atoms with E-state index < -0.39 is 10.0 Å². The minimum atomic E-state index is -3.66. The monoisotopic (exact) mass is 428 g/mol. The van der Waals surface area contributed by atoms with Gasteiger partial charge in [-0.3, -0.25) is 9.10 Å². The molecule has 2 aromatic carbocycles. The normalized spacial score (nSPS) is 11.3. The first-order chi connectivity index (χ1) is 14.1. The van der Waals surface area contributed by atoms with Crippen LogP contribution >= 0.6 is 0 Å². The number of hydrogen-bond donors (Lipinski definition) is 0. The van der Waals surface area contributed by atoms with Crippen LogP contribution in [-0.2, 0) is 21.4 Å². The highest BCUT2D eigenvalue weighted by Crippen LogP contribution is 2.24. The van der Waals surface area contributed by atoms with E-state index in [0.717, 1.165) is 27.3 Å². The number of sulfonamides is 1. The number of hydrogen-bond acceptors (Lipinski definition) is 6. The lowest BCUT2D eigenvalue weighted by molar-refractivity contribution is -0.129. The predicted molar refractivity (Wildman–Crippen MR) is 114 cm³/mol. The lowest BCUT2D eigenvalue weighted by atomic mass is 10.1. The van der Waals surface area contributed by atoms with Crippen molar-refractivity contribution < 1.29 is 17.7 Å². The summed E-state index contributed by atoms with van der Waals surface area (Å²) >= 11 is 0. The van der Waals surface area contributed by atoms with Crippen LogP contribution in [0, 0.1) is 13.8 Å². The van der Waals surface area contributed by atoms with E-state index in [1.165, 1.54) is 4.90 Å². The number of amides is 1. The Labute approximate surface area is 176 Å². The van der Waals surface area contributed by atoms with Crippen molar-refractivity contribution in [2.75, 3.05) is 24.2 Å². The van der Waals surface area contributed by atoms with E-state index in [4.69, 9.17) is 4.52 Å². The van der Waals surface area contributed by atoms with Gasteiger partial charge in [0.25, 0.3) is 0 Å². The fourth-order valence-corrected chi connectivity index (χ4v) is 3.83. The maximum absolute atomic E-state index is 12.8. The summed E-state index contributed by atoms with van der Waals surface area (Å²) < 4.78 is 31.1. The third-order valence-electron chi connectivity index (χ3n) is 4.61. The molecule has 8 nitrogen and oxygen atoms in total. The van der Waals surface area contributed by atoms with Crippen LogP contribution in [0.2, 0.25) is 0 Å². The highest BCUT2D eigenvalue weighted by atomic mass is 32.2. The molecule has 9 heteroatoms. The van der Waals surface area contributed by atoms with E-state index in [0.29, 0.717) is 11.5 Å². The zero-order chi connectivity index (χ0) is 21.9. The third kappa shape index (κ3) is 5.04. The lowest BCUT2D eigenvalue weighted by Gasteiger charge is -2.26. The highest BCUT2D eigenvalue weighted by Gasteiger charge is 2.25. The molecule has 1 amide bonds. The second-order valence-corrected chi connectivity index (χ2v) is 9.09. The van der Waals surface area contributed by atoms with Crippen LogP contribution in [0.15, 0.2) is 53.1 Å². The quantitative estimate of drug-likeness (QED) is 0.574. The molecule has 30 heavy (non-hydrogen) atoms. The number of aryl methyl sites for hydroxylation is 2. The van der Waals surface area contributed by atoms with Crippen molar-refractivity contribution in [1.29, 1.82) is 0 Å². The molecule has 0 aliphatic carbocycles. The average molecular weight is 429 g/mol. The van der Waals surface area contributed by atoms with Crippen molar-refractivity contribution >= 4 is 21.6 Å². The Morgan fingerprint density at radius 2 is 1.80 bits per heavy atom. The predicted octanol–water partition coefficient (Wildman–Crippen LogP) is 2.78. The second-order valence-electron chi connectivity index (χ2n) is 7.19. The number of carbonyl (C=O) groups is 1. The Morgan fingerprint density at radius 1 is 1.10 bits per heavy atom. The van der Waals surface area contributed by atoms with Crippen LogP contribution in [0.1, 0.15) is 17.0 Å². The maximum atomic E-state index is 12.8. The third-order valence-corrected chi connectivity index (χ3v) is 5.74. The molecule has 0 N–H and O–H groups in total. The van der Waals surface area contributed by atoms with Gasteiger partial charge in [0.05, 0.1) is 18.5 Å². The standard InChI is InChI=1S/C21H24N4O4S/c1-15-10-11-16(2)18(12-15)25(30(4,27)28)14-20(26)24(3)13-19-22-21(23-29-19)17-8-6-5-7-9-17/h5-12H,13-14H2,1-4H3. The molecule has 0 aliphatic heterocycles. The summed E-state index contributed by atoms with van der Waals surface area (Å²) in [4.78, 5) is 18.5. The van der Waals surface area contributed by atoms with Crippen LogP contribution in [0.5, 0.6) is 0 Å². The van der Waals surface area contributed by atoms with Crippen LogP contribution in [-0.4, -0.2) is 49.2 Å². The minimum Gasteiger partial charge on any atom is -0.337 e. The molecule has 3 rings (SSSR count). The van der Waals surface area contributed by atoms with Gasteiger partial charge < -0.3 is 9.42 Å². The summed E-state index contributed by atoms with van der Waals surface area (Å²) in [5.41, 5.74) is 2.97. The van der Waals surface area contributed by atoms with Gasteiger partial charge in [-0.2, -0.15) is 4.98 Å². The van der Waals surface area contributed by atoms with Crippen molar-refractivity contribution in [2.45, 2.75) is 20.4 Å². The summed E-state index contributed by atoms with van der Waals surface area (Å²) in [5.74, 6) is 0.308. The highest BCUT2D eigenvalue weighted by molar-refractivity contribution is 7.92. The fraction of sp³-hybridized carbons (Fsp3) is 0.286. The van der Waals surface area contributed by atoms with E-state index in [1.54, 1.807) is 13.1 Å². The molecule has 0 fully saturated rings. The maximum Gasteiger partial charge on any atom is 0.246 e. The molecule has 3 aromatic rings. The molecule has 0 spiro atoms. The Hall–Kier alpha value is -3.20. The molecular formula is C21H24N4O4S. The van der Waals surface area contributed by atoms with Crippen LogP contribution < -0.4 is 4.31 Å². The van der Waals surface area contributed by atoms with Gasteiger partial charge in [-0.1, -0.05) is 47.6 Å². The number of carbonyl (C=O) groups excluding carboxylic acids is 1. The Balaban J connectivity index is 1.75. The first-order valence-corrected chi connectivity index (χ1v) is 11.2. The van der Waals surface area contributed by atoms with Gasteiger partial charge in [-0.25, -0.2) is 8.42 Å². The SMILES string of the molecule is Cc1ccc(C)c(N(CC(=O)N(C)Cc2nc(-c3ccccc3)no2)S(C)(=O)=O)c1. The molecule has 0 bridgehead atoms. The molecule has 0 saturated carbocycles. The molecule has 158 valence electrons. The summed E-state index contributed by atoms with van der Waals surface area (Å²) in [6.45, 7) is 3.43. The van der Waals surface area contributed by atoms with E-state index >= 15 is 0 Å². The van der Waals surface area contributed by atoms with Gasteiger partial charge in [-0.15, -0.1) is 0 Å². The summed E-state index contributed by atoms with van der Waals surface area (Å²) in [6.07, 6.45) is 1.09. The molecule has 0 unspecified atom stereocenters. The fourth-order valence-electron chi connectivity index (χ4n) is 2.93. The number of benzene rings is 2. The number of likely N-dealkylation sites (N-methyl/N-ethyl adjacent to an activating group) is 1. The van der Waals surface area contributed by atoms with E-state index in [2.05, 4.69) is 10.1 Å². The van der Waals surface area contributed by atoms with Crippen molar-refractivity contribution in [3.63, 3.8) is 0 Å². The molecule has 0 aliphatic rings. The van der Waals surface area contributed by atoms with Crippen LogP contribution in [0.3, 0.4) is 0 Å². The molecule has 1 heterocycles. The van der Waals surface area contributed by atoms with Gasteiger partial charge >= 0.3 is 0 Å². The molecular weight excluding hydrogens is 404 g/mol. The van der Waals surface area contributed by atoms with Crippen molar-refractivity contribution in [2.24, 2.45) is 0 Å². The largest absolute Gasteiger partial charge is 0.337 e. The number of nitrogens with zero attached hydrogens (tertiary/aromatic N) is 4. The van der Waals surface area contributed by atoms with Crippen molar-refractivity contribution in [3.8, 4) is 11.4 Å². The lowest BCUT2D eigenvalue weighted by Crippen LogP contribution is -2.41. The van der Waals surface area contributed by atoms with E-state index in [-0.39, 0.29) is 24.9 Å². The zero-order valence-electron chi connectivity index (χ0n) is 17.4. The van der Waals surface area contributed by atoms with Crippen LogP contribution in [0.25, 0.3) is 11.4 Å². The first kappa shape index (κ1) is 21.5. The first-order valence-electron chi connectivity index (χ1n) is 9.32. The zero-order valence-corrected chi connectivity index (χ0v) is 18.2. The smallest absolute Gasteiger partial charge is 0.246 e. The number of aromatic nitrogens is 2.